The van der Waals surface area contributed by atoms with Crippen LogP contribution in [-0.2, 0) is 0 Å². The van der Waals surface area contributed by atoms with Gasteiger partial charge in [0.05, 0.1) is 9.75 Å². The van der Waals surface area contributed by atoms with Crippen molar-refractivity contribution in [3.63, 3.8) is 0 Å². The Balaban J connectivity index is 2.11. The molecule has 102 valence electrons. The highest BCUT2D eigenvalue weighted by Crippen LogP contribution is 2.30. The van der Waals surface area contributed by atoms with E-state index in [0.717, 1.165) is 23.3 Å². The van der Waals surface area contributed by atoms with Gasteiger partial charge in [-0.05, 0) is 38.3 Å². The average molecular weight is 277 g/mol. The predicted molar refractivity (Wildman–Crippen MR) is 77.4 cm³/mol. The molecule has 2 N–H and O–H groups in total. The summed E-state index contributed by atoms with van der Waals surface area (Å²) in [7, 11) is 0. The molecule has 0 spiro atoms. The number of aliphatic hydroxyl groups is 1. The number of aliphatic hydroxyl groups excluding tert-OH is 1. The number of rotatable bonds is 2. The molecule has 0 radical (unpaired) electrons. The molecule has 4 heteroatoms. The molecule has 0 aliphatic heterocycles. The van der Waals surface area contributed by atoms with Crippen molar-refractivity contribution < 1.29 is 9.90 Å². The molecule has 0 saturated heterocycles. The summed E-state index contributed by atoms with van der Waals surface area (Å²) in [6.45, 7) is 3.90. The molecule has 1 saturated carbocycles. The second-order valence-electron chi connectivity index (χ2n) is 5.30. The lowest BCUT2D eigenvalue weighted by molar-refractivity contribution is 0.0912. The van der Waals surface area contributed by atoms with Gasteiger partial charge in [-0.25, -0.2) is 0 Å². The first-order valence-corrected chi connectivity index (χ1v) is 7.38. The third-order valence-corrected chi connectivity index (χ3v) is 4.70. The third-order valence-electron chi connectivity index (χ3n) is 3.54. The number of hydrogen-bond donors (Lipinski definition) is 2. The van der Waals surface area contributed by atoms with Gasteiger partial charge in [-0.1, -0.05) is 24.7 Å². The van der Waals surface area contributed by atoms with E-state index in [0.29, 0.717) is 4.88 Å². The molecular weight excluding hydrogens is 258 g/mol. The molecule has 19 heavy (non-hydrogen) atoms. The van der Waals surface area contributed by atoms with Crippen molar-refractivity contribution in [3.8, 4) is 11.8 Å². The Bertz CT molecular complexity index is 530. The van der Waals surface area contributed by atoms with Crippen LogP contribution in [0.15, 0.2) is 6.07 Å². The van der Waals surface area contributed by atoms with Gasteiger partial charge < -0.3 is 10.4 Å². The molecule has 1 fully saturated rings. The van der Waals surface area contributed by atoms with E-state index in [1.165, 1.54) is 24.2 Å². The van der Waals surface area contributed by atoms with Crippen LogP contribution in [-0.4, -0.2) is 23.2 Å². The number of carbonyl (C=O) groups excluding carboxylic acids is 1. The van der Waals surface area contributed by atoms with Gasteiger partial charge in [0.1, 0.15) is 6.61 Å². The maximum absolute atomic E-state index is 12.2. The lowest BCUT2D eigenvalue weighted by Gasteiger charge is -2.24. The molecule has 0 bridgehead atoms. The van der Waals surface area contributed by atoms with Crippen LogP contribution in [0.5, 0.6) is 0 Å². The number of carbonyl (C=O) groups is 1. The van der Waals surface area contributed by atoms with Crippen LogP contribution in [0, 0.1) is 18.8 Å². The van der Waals surface area contributed by atoms with Gasteiger partial charge in [-0.2, -0.15) is 0 Å². The van der Waals surface area contributed by atoms with Crippen LogP contribution in [0.4, 0.5) is 0 Å². The minimum absolute atomic E-state index is 0.00505. The standard InChI is InChI=1S/C15H19NO2S/c1-11-10-13(19-12(11)6-5-9-17)14(18)16-15(2)7-3-4-8-15/h10,17H,3-4,7-9H2,1-2H3,(H,16,18). The van der Waals surface area contributed by atoms with Crippen LogP contribution < -0.4 is 5.32 Å². The zero-order valence-corrected chi connectivity index (χ0v) is 12.2. The Labute approximate surface area is 118 Å². The van der Waals surface area contributed by atoms with Crippen molar-refractivity contribution in [2.24, 2.45) is 0 Å². The monoisotopic (exact) mass is 277 g/mol. The quantitative estimate of drug-likeness (QED) is 0.816. The molecule has 0 aromatic carbocycles. The minimum Gasteiger partial charge on any atom is -0.384 e. The Morgan fingerprint density at radius 1 is 1.53 bits per heavy atom. The smallest absolute Gasteiger partial charge is 0.261 e. The highest BCUT2D eigenvalue weighted by molar-refractivity contribution is 7.14. The summed E-state index contributed by atoms with van der Waals surface area (Å²) in [5.41, 5.74) is 0.944. The number of hydrogen-bond acceptors (Lipinski definition) is 3. The van der Waals surface area contributed by atoms with Gasteiger partial charge in [0.2, 0.25) is 0 Å². The summed E-state index contributed by atoms with van der Waals surface area (Å²) in [5.74, 6) is 5.50. The molecule has 1 amide bonds. The van der Waals surface area contributed by atoms with Crippen LogP contribution in [0.1, 0.15) is 52.7 Å². The maximum Gasteiger partial charge on any atom is 0.261 e. The Morgan fingerprint density at radius 3 is 2.84 bits per heavy atom. The highest BCUT2D eigenvalue weighted by atomic mass is 32.1. The summed E-state index contributed by atoms with van der Waals surface area (Å²) in [5, 5.41) is 11.9. The molecular formula is C15H19NO2S. The van der Waals surface area contributed by atoms with Crippen molar-refractivity contribution in [2.45, 2.75) is 45.1 Å². The van der Waals surface area contributed by atoms with Crippen molar-refractivity contribution in [2.75, 3.05) is 6.61 Å². The predicted octanol–water partition coefficient (Wildman–Crippen LogP) is 2.46. The first-order valence-electron chi connectivity index (χ1n) is 6.57. The minimum atomic E-state index is -0.156. The Kier molecular flexibility index (Phi) is 4.28. The summed E-state index contributed by atoms with van der Waals surface area (Å²) in [6, 6.07) is 1.87. The maximum atomic E-state index is 12.2. The fraction of sp³-hybridized carbons (Fsp3) is 0.533. The second kappa shape index (κ2) is 5.77. The van der Waals surface area contributed by atoms with Crippen molar-refractivity contribution >= 4 is 17.2 Å². The van der Waals surface area contributed by atoms with E-state index in [-0.39, 0.29) is 18.1 Å². The van der Waals surface area contributed by atoms with E-state index in [2.05, 4.69) is 24.1 Å². The van der Waals surface area contributed by atoms with Gasteiger partial charge in [0.15, 0.2) is 0 Å². The van der Waals surface area contributed by atoms with Gasteiger partial charge in [0, 0.05) is 5.54 Å². The van der Waals surface area contributed by atoms with E-state index in [1.54, 1.807) is 0 Å². The fourth-order valence-electron chi connectivity index (χ4n) is 2.45. The summed E-state index contributed by atoms with van der Waals surface area (Å²) in [4.78, 5) is 13.8. The first-order chi connectivity index (χ1) is 9.04. The van der Waals surface area contributed by atoms with Gasteiger partial charge in [0.25, 0.3) is 5.91 Å². The first kappa shape index (κ1) is 14.1. The molecule has 3 nitrogen and oxygen atoms in total. The second-order valence-corrected chi connectivity index (χ2v) is 6.36. The van der Waals surface area contributed by atoms with E-state index >= 15 is 0 Å². The molecule has 1 aliphatic rings. The Morgan fingerprint density at radius 2 is 2.21 bits per heavy atom. The zero-order valence-electron chi connectivity index (χ0n) is 11.4. The highest BCUT2D eigenvalue weighted by Gasteiger charge is 2.30. The molecule has 0 atom stereocenters. The van der Waals surface area contributed by atoms with Crippen LogP contribution in [0.25, 0.3) is 0 Å². The lowest BCUT2D eigenvalue weighted by atomic mass is 10.0. The Hall–Kier alpha value is -1.31. The number of nitrogens with one attached hydrogen (secondary N) is 1. The third kappa shape index (κ3) is 3.37. The van der Waals surface area contributed by atoms with Gasteiger partial charge in [-0.15, -0.1) is 11.3 Å². The molecule has 1 aliphatic carbocycles. The lowest BCUT2D eigenvalue weighted by Crippen LogP contribution is -2.43. The topological polar surface area (TPSA) is 49.3 Å². The van der Waals surface area contributed by atoms with E-state index in [4.69, 9.17) is 5.11 Å². The van der Waals surface area contributed by atoms with Crippen LogP contribution >= 0.6 is 11.3 Å². The van der Waals surface area contributed by atoms with E-state index in [9.17, 15) is 4.79 Å². The number of thiophene rings is 1. The SMILES string of the molecule is Cc1cc(C(=O)NC2(C)CCCC2)sc1C#CCO. The normalized spacial score (nSPS) is 16.8. The molecule has 2 rings (SSSR count). The molecule has 1 heterocycles. The number of aryl methyl sites for hydroxylation is 1. The molecule has 0 unspecified atom stereocenters. The molecule has 1 aromatic heterocycles. The summed E-state index contributed by atoms with van der Waals surface area (Å²) >= 11 is 1.39. The van der Waals surface area contributed by atoms with E-state index < -0.39 is 0 Å². The van der Waals surface area contributed by atoms with Crippen LogP contribution in [0.3, 0.4) is 0 Å². The van der Waals surface area contributed by atoms with Gasteiger partial charge in [-0.3, -0.25) is 4.79 Å². The summed E-state index contributed by atoms with van der Waals surface area (Å²) in [6.07, 6.45) is 4.49. The van der Waals surface area contributed by atoms with Crippen LogP contribution in [0.2, 0.25) is 0 Å². The molecule has 1 aromatic rings. The van der Waals surface area contributed by atoms with Crippen molar-refractivity contribution in [1.29, 1.82) is 0 Å². The van der Waals surface area contributed by atoms with Crippen molar-refractivity contribution in [3.05, 3.63) is 21.4 Å². The average Bonchev–Trinajstić information content (AvgIpc) is 2.94. The largest absolute Gasteiger partial charge is 0.384 e. The summed E-state index contributed by atoms with van der Waals surface area (Å²) < 4.78 is 0. The van der Waals surface area contributed by atoms with Crippen molar-refractivity contribution in [1.82, 2.24) is 5.32 Å². The van der Waals surface area contributed by atoms with Gasteiger partial charge >= 0.3 is 0 Å². The number of amides is 1. The zero-order chi connectivity index (χ0) is 13.9. The van der Waals surface area contributed by atoms with E-state index in [1.807, 2.05) is 13.0 Å². The fourth-order valence-corrected chi connectivity index (χ4v) is 3.40.